The van der Waals surface area contributed by atoms with Crippen molar-refractivity contribution in [3.05, 3.63) is 53.0 Å². The van der Waals surface area contributed by atoms with Crippen LogP contribution in [0.3, 0.4) is 0 Å². The van der Waals surface area contributed by atoms with E-state index in [0.29, 0.717) is 9.80 Å². The molecule has 1 aromatic carbocycles. The molecule has 1 aromatic rings. The van der Waals surface area contributed by atoms with E-state index >= 15 is 0 Å². The van der Waals surface area contributed by atoms with E-state index < -0.39 is 9.84 Å². The number of allylic oxidation sites excluding steroid dienone is 3. The summed E-state index contributed by atoms with van der Waals surface area (Å²) >= 11 is 0. The van der Waals surface area contributed by atoms with E-state index in [-0.39, 0.29) is 0 Å². The van der Waals surface area contributed by atoms with Crippen LogP contribution in [0.15, 0.2) is 57.9 Å². The predicted octanol–water partition coefficient (Wildman–Crippen LogP) is 3.47. The van der Waals surface area contributed by atoms with Crippen molar-refractivity contribution >= 4 is 9.84 Å². The molecule has 0 bridgehead atoms. The van der Waals surface area contributed by atoms with Crippen LogP contribution >= 0.6 is 0 Å². The van der Waals surface area contributed by atoms with Crippen LogP contribution in [0.2, 0.25) is 0 Å². The molecule has 0 saturated heterocycles. The zero-order valence-corrected chi connectivity index (χ0v) is 10.7. The van der Waals surface area contributed by atoms with E-state index in [9.17, 15) is 8.42 Å². The maximum absolute atomic E-state index is 12.4. The Balaban J connectivity index is 2.49. The van der Waals surface area contributed by atoms with Crippen molar-refractivity contribution in [2.45, 2.75) is 31.1 Å². The fourth-order valence-corrected chi connectivity index (χ4v) is 3.59. The van der Waals surface area contributed by atoms with E-state index in [1.807, 2.05) is 25.1 Å². The van der Waals surface area contributed by atoms with Gasteiger partial charge in [0.25, 0.3) is 0 Å². The molecule has 0 atom stereocenters. The van der Waals surface area contributed by atoms with Gasteiger partial charge >= 0.3 is 0 Å². The maximum Gasteiger partial charge on any atom is 0.206 e. The van der Waals surface area contributed by atoms with Crippen LogP contribution in [0.25, 0.3) is 0 Å². The van der Waals surface area contributed by atoms with Crippen molar-refractivity contribution in [3.63, 3.8) is 0 Å². The summed E-state index contributed by atoms with van der Waals surface area (Å²) in [5, 5.41) is 0. The van der Waals surface area contributed by atoms with Gasteiger partial charge in [0.2, 0.25) is 9.84 Å². The van der Waals surface area contributed by atoms with Crippen molar-refractivity contribution in [1.29, 1.82) is 0 Å². The fraction of sp³-hybridized carbons (Fsp3) is 0.286. The number of hydrogen-bond acceptors (Lipinski definition) is 2. The molecule has 0 unspecified atom stereocenters. The lowest BCUT2D eigenvalue weighted by Gasteiger charge is -2.08. The minimum absolute atomic E-state index is 0.376. The normalized spacial score (nSPS) is 17.0. The number of rotatable bonds is 2. The lowest BCUT2D eigenvalue weighted by atomic mass is 10.2. The predicted molar refractivity (Wildman–Crippen MR) is 69.3 cm³/mol. The van der Waals surface area contributed by atoms with Crippen molar-refractivity contribution in [2.24, 2.45) is 0 Å². The summed E-state index contributed by atoms with van der Waals surface area (Å²) in [5.41, 5.74) is 0.867. The molecule has 0 heterocycles. The number of benzene rings is 1. The van der Waals surface area contributed by atoms with Gasteiger partial charge in [-0.3, -0.25) is 0 Å². The van der Waals surface area contributed by atoms with Gasteiger partial charge in [-0.05, 0) is 43.9 Å². The Bertz CT molecular complexity index is 551. The Labute approximate surface area is 103 Å². The first-order chi connectivity index (χ1) is 8.12. The average Bonchev–Trinajstić information content (AvgIpc) is 2.55. The van der Waals surface area contributed by atoms with Gasteiger partial charge in [-0.25, -0.2) is 8.42 Å². The molecule has 2 nitrogen and oxygen atoms in total. The second-order valence-corrected chi connectivity index (χ2v) is 6.12. The van der Waals surface area contributed by atoms with E-state index in [2.05, 4.69) is 0 Å². The smallest absolute Gasteiger partial charge is 0.206 e. The SMILES string of the molecule is CC1=CCCCC=C1S(=O)(=O)c1ccccc1. The monoisotopic (exact) mass is 248 g/mol. The lowest BCUT2D eigenvalue weighted by molar-refractivity contribution is 0.602. The summed E-state index contributed by atoms with van der Waals surface area (Å²) in [4.78, 5) is 0.849. The van der Waals surface area contributed by atoms with Crippen molar-refractivity contribution in [3.8, 4) is 0 Å². The average molecular weight is 248 g/mol. The highest BCUT2D eigenvalue weighted by Crippen LogP contribution is 2.28. The zero-order chi connectivity index (χ0) is 12.3. The first-order valence-corrected chi connectivity index (χ1v) is 7.28. The first-order valence-electron chi connectivity index (χ1n) is 5.80. The van der Waals surface area contributed by atoms with Crippen LogP contribution < -0.4 is 0 Å². The van der Waals surface area contributed by atoms with Gasteiger partial charge in [0.05, 0.1) is 9.80 Å². The minimum Gasteiger partial charge on any atom is -0.219 e. The third-order valence-corrected chi connectivity index (χ3v) is 4.88. The third kappa shape index (κ3) is 2.50. The van der Waals surface area contributed by atoms with Crippen LogP contribution in [-0.2, 0) is 9.84 Å². The van der Waals surface area contributed by atoms with Crippen LogP contribution in [0, 0.1) is 0 Å². The molecular formula is C14H16O2S. The molecule has 1 aliphatic carbocycles. The van der Waals surface area contributed by atoms with Crippen LogP contribution in [0.5, 0.6) is 0 Å². The van der Waals surface area contributed by atoms with Gasteiger partial charge in [-0.1, -0.05) is 30.4 Å². The van der Waals surface area contributed by atoms with Crippen LogP contribution in [0.4, 0.5) is 0 Å². The molecule has 0 N–H and O–H groups in total. The molecule has 0 aliphatic heterocycles. The van der Waals surface area contributed by atoms with E-state index in [1.165, 1.54) is 0 Å². The van der Waals surface area contributed by atoms with Crippen LogP contribution in [-0.4, -0.2) is 8.42 Å². The Morgan fingerprint density at radius 2 is 1.65 bits per heavy atom. The van der Waals surface area contributed by atoms with Gasteiger partial charge in [0, 0.05) is 0 Å². The number of hydrogen-bond donors (Lipinski definition) is 0. The molecule has 17 heavy (non-hydrogen) atoms. The topological polar surface area (TPSA) is 34.1 Å². The van der Waals surface area contributed by atoms with Gasteiger partial charge in [0.1, 0.15) is 0 Å². The second-order valence-electron chi connectivity index (χ2n) is 4.20. The zero-order valence-electron chi connectivity index (χ0n) is 9.89. The Morgan fingerprint density at radius 1 is 1.00 bits per heavy atom. The summed E-state index contributed by atoms with van der Waals surface area (Å²) < 4.78 is 24.9. The highest BCUT2D eigenvalue weighted by molar-refractivity contribution is 7.95. The molecule has 3 heteroatoms. The summed E-state index contributed by atoms with van der Waals surface area (Å²) in [6, 6.07) is 8.62. The number of sulfone groups is 1. The molecule has 0 spiro atoms. The van der Waals surface area contributed by atoms with E-state index in [4.69, 9.17) is 0 Å². The van der Waals surface area contributed by atoms with E-state index in [1.54, 1.807) is 24.3 Å². The quantitative estimate of drug-likeness (QED) is 0.803. The summed E-state index contributed by atoms with van der Waals surface area (Å²) in [7, 11) is -3.34. The maximum atomic E-state index is 12.4. The molecule has 0 amide bonds. The largest absolute Gasteiger partial charge is 0.219 e. The van der Waals surface area contributed by atoms with Gasteiger partial charge in [0.15, 0.2) is 0 Å². The third-order valence-electron chi connectivity index (χ3n) is 2.92. The molecule has 0 radical (unpaired) electrons. The van der Waals surface area contributed by atoms with Gasteiger partial charge in [-0.15, -0.1) is 0 Å². The standard InChI is InChI=1S/C14H16O2S/c1-12-8-4-2-7-11-14(12)17(15,16)13-9-5-3-6-10-13/h3,5-6,8-11H,2,4,7H2,1H3. The first kappa shape index (κ1) is 12.1. The van der Waals surface area contributed by atoms with Gasteiger partial charge < -0.3 is 0 Å². The minimum atomic E-state index is -3.34. The van der Waals surface area contributed by atoms with Crippen LogP contribution in [0.1, 0.15) is 26.2 Å². The Kier molecular flexibility index (Phi) is 3.48. The molecule has 1 aliphatic rings. The Morgan fingerprint density at radius 3 is 2.35 bits per heavy atom. The molecule has 2 rings (SSSR count). The molecule has 0 saturated carbocycles. The highest BCUT2D eigenvalue weighted by atomic mass is 32.2. The fourth-order valence-electron chi connectivity index (χ4n) is 1.98. The molecular weight excluding hydrogens is 232 g/mol. The molecule has 0 aromatic heterocycles. The second kappa shape index (κ2) is 4.88. The molecule has 90 valence electrons. The molecule has 0 fully saturated rings. The van der Waals surface area contributed by atoms with Gasteiger partial charge in [-0.2, -0.15) is 0 Å². The van der Waals surface area contributed by atoms with Crippen molar-refractivity contribution in [1.82, 2.24) is 0 Å². The summed E-state index contributed by atoms with van der Waals surface area (Å²) in [5.74, 6) is 0. The van der Waals surface area contributed by atoms with Crippen molar-refractivity contribution in [2.75, 3.05) is 0 Å². The Hall–Kier alpha value is -1.35. The summed E-state index contributed by atoms with van der Waals surface area (Å²) in [6.45, 7) is 1.87. The lowest BCUT2D eigenvalue weighted by Crippen LogP contribution is -2.05. The highest BCUT2D eigenvalue weighted by Gasteiger charge is 2.22. The van der Waals surface area contributed by atoms with Crippen molar-refractivity contribution < 1.29 is 8.42 Å². The van der Waals surface area contributed by atoms with E-state index in [0.717, 1.165) is 24.8 Å². The summed E-state index contributed by atoms with van der Waals surface area (Å²) in [6.07, 6.45) is 6.66.